The van der Waals surface area contributed by atoms with Crippen LogP contribution >= 0.6 is 0 Å². The van der Waals surface area contributed by atoms with Crippen molar-refractivity contribution in [3.8, 4) is 0 Å². The third kappa shape index (κ3) is 4.29. The maximum Gasteiger partial charge on any atom is 0.223 e. The summed E-state index contributed by atoms with van der Waals surface area (Å²) in [6.45, 7) is 7.57. The van der Waals surface area contributed by atoms with Gasteiger partial charge in [0.2, 0.25) is 11.8 Å². The van der Waals surface area contributed by atoms with E-state index in [2.05, 4.69) is 15.0 Å². The molecular weight excluding hydrogens is 296 g/mol. The molecular formula is C16H26N4O3. The van der Waals surface area contributed by atoms with Crippen molar-refractivity contribution in [2.75, 3.05) is 26.2 Å². The fourth-order valence-electron chi connectivity index (χ4n) is 3.53. The van der Waals surface area contributed by atoms with Crippen molar-refractivity contribution in [3.63, 3.8) is 0 Å². The summed E-state index contributed by atoms with van der Waals surface area (Å²) < 4.78 is 10.8. The smallest absolute Gasteiger partial charge is 0.223 e. The van der Waals surface area contributed by atoms with Crippen LogP contribution in [0.4, 0.5) is 0 Å². The first-order valence-electron chi connectivity index (χ1n) is 8.52. The standard InChI is InChI=1S/C16H26N4O3/c1-12-17-16(18-23-12)11-20(13(2)21)14-6-7-19(9-14)10-15-5-3-4-8-22-15/h14-15H,3-11H2,1-2H3/t14-,15-/m1/s1. The van der Waals surface area contributed by atoms with E-state index in [4.69, 9.17) is 9.26 Å². The van der Waals surface area contributed by atoms with Gasteiger partial charge in [-0.2, -0.15) is 4.98 Å². The minimum absolute atomic E-state index is 0.0632. The monoisotopic (exact) mass is 322 g/mol. The van der Waals surface area contributed by atoms with Crippen molar-refractivity contribution < 1.29 is 14.1 Å². The van der Waals surface area contributed by atoms with Crippen LogP contribution in [0, 0.1) is 6.92 Å². The fraction of sp³-hybridized carbons (Fsp3) is 0.812. The normalized spacial score (nSPS) is 25.7. The number of carbonyl (C=O) groups excluding carboxylic acids is 1. The third-order valence-corrected chi connectivity index (χ3v) is 4.71. The average Bonchev–Trinajstić information content (AvgIpc) is 3.15. The van der Waals surface area contributed by atoms with Gasteiger partial charge in [-0.3, -0.25) is 9.69 Å². The van der Waals surface area contributed by atoms with Crippen LogP contribution in [0.15, 0.2) is 4.52 Å². The molecule has 1 aromatic heterocycles. The zero-order chi connectivity index (χ0) is 16.2. The van der Waals surface area contributed by atoms with Gasteiger partial charge in [-0.15, -0.1) is 0 Å². The Morgan fingerprint density at radius 3 is 2.91 bits per heavy atom. The summed E-state index contributed by atoms with van der Waals surface area (Å²) in [6.07, 6.45) is 4.94. The molecule has 3 heterocycles. The van der Waals surface area contributed by atoms with Gasteiger partial charge in [0.25, 0.3) is 0 Å². The summed E-state index contributed by atoms with van der Waals surface area (Å²) in [4.78, 5) is 20.5. The number of aryl methyl sites for hydroxylation is 1. The SMILES string of the molecule is CC(=O)N(Cc1noc(C)n1)[C@@H]1CCN(C[C@H]2CCCCO2)C1. The Labute approximate surface area is 137 Å². The Balaban J connectivity index is 1.55. The maximum absolute atomic E-state index is 12.0. The number of rotatable bonds is 5. The van der Waals surface area contributed by atoms with Crippen molar-refractivity contribution in [3.05, 3.63) is 11.7 Å². The molecule has 0 saturated carbocycles. The number of aromatic nitrogens is 2. The van der Waals surface area contributed by atoms with Gasteiger partial charge in [0.15, 0.2) is 5.82 Å². The molecule has 0 spiro atoms. The lowest BCUT2D eigenvalue weighted by Crippen LogP contribution is -2.42. The quantitative estimate of drug-likeness (QED) is 0.815. The molecule has 1 aromatic rings. The van der Waals surface area contributed by atoms with Crippen LogP contribution in [0.3, 0.4) is 0 Å². The van der Waals surface area contributed by atoms with E-state index < -0.39 is 0 Å². The summed E-state index contributed by atoms with van der Waals surface area (Å²) in [6, 6.07) is 0.217. The molecule has 3 rings (SSSR count). The highest BCUT2D eigenvalue weighted by Crippen LogP contribution is 2.21. The van der Waals surface area contributed by atoms with Crippen LogP contribution in [0.1, 0.15) is 44.3 Å². The van der Waals surface area contributed by atoms with Crippen molar-refractivity contribution in [1.82, 2.24) is 19.9 Å². The maximum atomic E-state index is 12.0. The van der Waals surface area contributed by atoms with Crippen molar-refractivity contribution >= 4 is 5.91 Å². The van der Waals surface area contributed by atoms with Crippen LogP contribution in [-0.2, 0) is 16.1 Å². The number of hydrogen-bond donors (Lipinski definition) is 0. The van der Waals surface area contributed by atoms with E-state index in [-0.39, 0.29) is 11.9 Å². The second-order valence-electron chi connectivity index (χ2n) is 6.57. The molecule has 2 fully saturated rings. The highest BCUT2D eigenvalue weighted by atomic mass is 16.5. The summed E-state index contributed by atoms with van der Waals surface area (Å²) in [5.41, 5.74) is 0. The summed E-state index contributed by atoms with van der Waals surface area (Å²) in [5, 5.41) is 3.91. The number of nitrogens with zero attached hydrogens (tertiary/aromatic N) is 4. The summed E-state index contributed by atoms with van der Waals surface area (Å²) in [7, 11) is 0. The lowest BCUT2D eigenvalue weighted by atomic mass is 10.1. The molecule has 7 nitrogen and oxygen atoms in total. The predicted molar refractivity (Wildman–Crippen MR) is 83.7 cm³/mol. The zero-order valence-electron chi connectivity index (χ0n) is 14.0. The Hall–Kier alpha value is -1.47. The lowest BCUT2D eigenvalue weighted by Gasteiger charge is -2.29. The molecule has 2 saturated heterocycles. The van der Waals surface area contributed by atoms with E-state index in [9.17, 15) is 4.79 Å². The van der Waals surface area contributed by atoms with Gasteiger partial charge < -0.3 is 14.2 Å². The van der Waals surface area contributed by atoms with Gasteiger partial charge in [0.05, 0.1) is 12.6 Å². The van der Waals surface area contributed by atoms with Crippen LogP contribution in [0.5, 0.6) is 0 Å². The average molecular weight is 322 g/mol. The molecule has 23 heavy (non-hydrogen) atoms. The van der Waals surface area contributed by atoms with Crippen LogP contribution in [0.2, 0.25) is 0 Å². The highest BCUT2D eigenvalue weighted by molar-refractivity contribution is 5.73. The minimum atomic E-state index is 0.0632. The van der Waals surface area contributed by atoms with Gasteiger partial charge in [0, 0.05) is 46.1 Å². The van der Waals surface area contributed by atoms with E-state index in [1.807, 2.05) is 4.90 Å². The van der Waals surface area contributed by atoms with Crippen molar-refractivity contribution in [1.29, 1.82) is 0 Å². The van der Waals surface area contributed by atoms with Crippen molar-refractivity contribution in [2.45, 2.75) is 58.2 Å². The Morgan fingerprint density at radius 2 is 2.26 bits per heavy atom. The van der Waals surface area contributed by atoms with Crippen molar-refractivity contribution in [2.24, 2.45) is 0 Å². The topological polar surface area (TPSA) is 71.7 Å². The van der Waals surface area contributed by atoms with E-state index >= 15 is 0 Å². The van der Waals surface area contributed by atoms with E-state index in [0.717, 1.165) is 39.1 Å². The number of likely N-dealkylation sites (tertiary alicyclic amines) is 1. The number of hydrogen-bond acceptors (Lipinski definition) is 6. The van der Waals surface area contributed by atoms with Gasteiger partial charge in [-0.1, -0.05) is 5.16 Å². The van der Waals surface area contributed by atoms with E-state index in [1.54, 1.807) is 13.8 Å². The van der Waals surface area contributed by atoms with Gasteiger partial charge in [0.1, 0.15) is 0 Å². The van der Waals surface area contributed by atoms with E-state index in [1.165, 1.54) is 12.8 Å². The third-order valence-electron chi connectivity index (χ3n) is 4.71. The molecule has 0 bridgehead atoms. The first kappa shape index (κ1) is 16.4. The van der Waals surface area contributed by atoms with Gasteiger partial charge >= 0.3 is 0 Å². The molecule has 0 unspecified atom stereocenters. The number of carbonyl (C=O) groups is 1. The van der Waals surface area contributed by atoms with Crippen LogP contribution < -0.4 is 0 Å². The van der Waals surface area contributed by atoms with Crippen LogP contribution in [-0.4, -0.2) is 64.2 Å². The molecule has 2 aliphatic rings. The molecule has 2 aliphatic heterocycles. The van der Waals surface area contributed by atoms with Gasteiger partial charge in [-0.25, -0.2) is 0 Å². The summed E-state index contributed by atoms with van der Waals surface area (Å²) >= 11 is 0. The Morgan fingerprint density at radius 1 is 1.39 bits per heavy atom. The lowest BCUT2D eigenvalue weighted by molar-refractivity contribution is -0.131. The Kier molecular flexibility index (Phi) is 5.27. The Bertz CT molecular complexity index is 527. The summed E-state index contributed by atoms with van der Waals surface area (Å²) in [5.74, 6) is 1.17. The predicted octanol–water partition coefficient (Wildman–Crippen LogP) is 1.37. The molecule has 2 atom stereocenters. The largest absolute Gasteiger partial charge is 0.377 e. The second kappa shape index (κ2) is 7.40. The molecule has 0 aromatic carbocycles. The number of ether oxygens (including phenoxy) is 1. The second-order valence-corrected chi connectivity index (χ2v) is 6.57. The molecule has 0 aliphatic carbocycles. The fourth-order valence-corrected chi connectivity index (χ4v) is 3.53. The van der Waals surface area contributed by atoms with Crippen LogP contribution in [0.25, 0.3) is 0 Å². The first-order chi connectivity index (χ1) is 11.1. The molecule has 1 amide bonds. The van der Waals surface area contributed by atoms with E-state index in [0.29, 0.717) is 24.4 Å². The highest BCUT2D eigenvalue weighted by Gasteiger charge is 2.31. The molecule has 0 radical (unpaired) electrons. The molecule has 7 heteroatoms. The zero-order valence-corrected chi connectivity index (χ0v) is 14.0. The minimum Gasteiger partial charge on any atom is -0.377 e. The molecule has 0 N–H and O–H groups in total. The number of amides is 1. The first-order valence-corrected chi connectivity index (χ1v) is 8.52. The van der Waals surface area contributed by atoms with Gasteiger partial charge in [-0.05, 0) is 25.7 Å². The molecule has 128 valence electrons.